The maximum atomic E-state index is 11.9. The number of fused-ring (bicyclic) bond motifs is 1. The second kappa shape index (κ2) is 10.6. The number of hydrogen-bond acceptors (Lipinski definition) is 4. The minimum Gasteiger partial charge on any atom is -0.380 e. The average molecular weight is 437 g/mol. The third kappa shape index (κ3) is 5.70. The molecule has 156 valence electrons. The van der Waals surface area contributed by atoms with Crippen molar-refractivity contribution in [2.45, 2.75) is 33.0 Å². The topological polar surface area (TPSA) is 82.2 Å². The summed E-state index contributed by atoms with van der Waals surface area (Å²) in [5.74, 6) is 0.572. The lowest BCUT2D eigenvalue weighted by atomic mass is 10.1. The van der Waals surface area contributed by atoms with Crippen LogP contribution in [0.4, 0.5) is 0 Å². The predicted octanol–water partition coefficient (Wildman–Crippen LogP) is 3.78. The standard InChI is InChI=1S/C21H25ClN4O2.ClH/c1-3-28-11-10-26-19-9-6-16(15-4-7-17(22)8-5-15)12-18(19)25-20(26)13-24-21(27)14(2)23;/h4-9,12,14H,3,10-11,13,23H2,1-2H3,(H,24,27);1H/t14-;/m0./s1. The normalized spacial score (nSPS) is 11.9. The van der Waals surface area contributed by atoms with Gasteiger partial charge < -0.3 is 20.4 Å². The zero-order valence-corrected chi connectivity index (χ0v) is 18.1. The number of ether oxygens (including phenoxy) is 1. The lowest BCUT2D eigenvalue weighted by molar-refractivity contribution is -0.122. The Morgan fingerprint density at radius 2 is 1.93 bits per heavy atom. The number of carbonyl (C=O) groups excluding carboxylic acids is 1. The van der Waals surface area contributed by atoms with Crippen LogP contribution in [0.1, 0.15) is 19.7 Å². The molecule has 0 aliphatic carbocycles. The van der Waals surface area contributed by atoms with Gasteiger partial charge in [-0.25, -0.2) is 4.98 Å². The van der Waals surface area contributed by atoms with Gasteiger partial charge in [-0.1, -0.05) is 29.8 Å². The van der Waals surface area contributed by atoms with E-state index in [2.05, 4.69) is 22.0 Å². The van der Waals surface area contributed by atoms with Crippen LogP contribution in [-0.2, 0) is 22.6 Å². The van der Waals surface area contributed by atoms with E-state index in [1.807, 2.05) is 37.3 Å². The van der Waals surface area contributed by atoms with Crippen molar-refractivity contribution in [1.82, 2.24) is 14.9 Å². The molecule has 1 atom stereocenters. The Labute approximate surface area is 181 Å². The first-order chi connectivity index (χ1) is 13.5. The van der Waals surface area contributed by atoms with Crippen LogP contribution in [0.3, 0.4) is 0 Å². The Hall–Kier alpha value is -2.12. The van der Waals surface area contributed by atoms with E-state index in [9.17, 15) is 4.79 Å². The van der Waals surface area contributed by atoms with Crippen molar-refractivity contribution in [3.05, 3.63) is 53.3 Å². The predicted molar refractivity (Wildman–Crippen MR) is 119 cm³/mol. The van der Waals surface area contributed by atoms with Crippen molar-refractivity contribution in [1.29, 1.82) is 0 Å². The molecule has 1 heterocycles. The largest absolute Gasteiger partial charge is 0.380 e. The maximum Gasteiger partial charge on any atom is 0.237 e. The molecule has 3 rings (SSSR count). The number of aromatic nitrogens is 2. The van der Waals surface area contributed by atoms with Crippen LogP contribution in [0.2, 0.25) is 5.02 Å². The third-order valence-electron chi connectivity index (χ3n) is 4.50. The molecule has 0 aliphatic rings. The summed E-state index contributed by atoms with van der Waals surface area (Å²) < 4.78 is 7.59. The van der Waals surface area contributed by atoms with Gasteiger partial charge in [-0.05, 0) is 49.2 Å². The molecule has 8 heteroatoms. The first-order valence-electron chi connectivity index (χ1n) is 9.35. The van der Waals surface area contributed by atoms with E-state index in [4.69, 9.17) is 27.1 Å². The molecule has 0 spiro atoms. The summed E-state index contributed by atoms with van der Waals surface area (Å²) in [4.78, 5) is 16.6. The fourth-order valence-electron chi connectivity index (χ4n) is 3.01. The molecule has 3 N–H and O–H groups in total. The third-order valence-corrected chi connectivity index (χ3v) is 4.75. The van der Waals surface area contributed by atoms with Crippen molar-refractivity contribution in [2.24, 2.45) is 5.73 Å². The molecule has 1 aromatic heterocycles. The highest BCUT2D eigenvalue weighted by molar-refractivity contribution is 6.30. The van der Waals surface area contributed by atoms with Crippen molar-refractivity contribution >= 4 is 40.9 Å². The van der Waals surface area contributed by atoms with Crippen molar-refractivity contribution in [3.63, 3.8) is 0 Å². The Morgan fingerprint density at radius 1 is 1.24 bits per heavy atom. The molecule has 0 saturated carbocycles. The number of nitrogens with one attached hydrogen (secondary N) is 1. The van der Waals surface area contributed by atoms with Gasteiger partial charge in [0, 0.05) is 18.2 Å². The summed E-state index contributed by atoms with van der Waals surface area (Å²) in [6.45, 7) is 5.84. The maximum absolute atomic E-state index is 11.9. The summed E-state index contributed by atoms with van der Waals surface area (Å²) in [5.41, 5.74) is 9.64. The van der Waals surface area contributed by atoms with Crippen LogP contribution in [-0.4, -0.2) is 34.7 Å². The number of nitrogens with two attached hydrogens (primary N) is 1. The van der Waals surface area contributed by atoms with E-state index in [0.29, 0.717) is 31.3 Å². The number of amides is 1. The van der Waals surface area contributed by atoms with Crippen molar-refractivity contribution in [2.75, 3.05) is 13.2 Å². The summed E-state index contributed by atoms with van der Waals surface area (Å²) in [6, 6.07) is 13.3. The molecule has 2 aromatic carbocycles. The van der Waals surface area contributed by atoms with Gasteiger partial charge in [0.2, 0.25) is 5.91 Å². The highest BCUT2D eigenvalue weighted by Gasteiger charge is 2.14. The zero-order chi connectivity index (χ0) is 20.1. The van der Waals surface area contributed by atoms with Crippen LogP contribution < -0.4 is 11.1 Å². The number of nitrogens with zero attached hydrogens (tertiary/aromatic N) is 2. The van der Waals surface area contributed by atoms with Gasteiger partial charge in [0.1, 0.15) is 5.82 Å². The van der Waals surface area contributed by atoms with E-state index < -0.39 is 6.04 Å². The van der Waals surface area contributed by atoms with Gasteiger partial charge in [0.15, 0.2) is 0 Å². The molecule has 29 heavy (non-hydrogen) atoms. The zero-order valence-electron chi connectivity index (χ0n) is 16.5. The Morgan fingerprint density at radius 3 is 2.59 bits per heavy atom. The molecule has 0 unspecified atom stereocenters. The highest BCUT2D eigenvalue weighted by Crippen LogP contribution is 2.26. The molecule has 0 fully saturated rings. The van der Waals surface area contributed by atoms with Crippen LogP contribution in [0, 0.1) is 0 Å². The molecule has 3 aromatic rings. The Balaban J connectivity index is 0.00000300. The van der Waals surface area contributed by atoms with Crippen LogP contribution in [0.5, 0.6) is 0 Å². The number of rotatable bonds is 8. The quantitative estimate of drug-likeness (QED) is 0.526. The van der Waals surface area contributed by atoms with E-state index >= 15 is 0 Å². The number of halogens is 2. The molecule has 0 radical (unpaired) electrons. The summed E-state index contributed by atoms with van der Waals surface area (Å²) in [5, 5.41) is 3.55. The minimum absolute atomic E-state index is 0. The smallest absolute Gasteiger partial charge is 0.237 e. The molecular weight excluding hydrogens is 411 g/mol. The summed E-state index contributed by atoms with van der Waals surface area (Å²) >= 11 is 5.99. The SMILES string of the molecule is CCOCCn1c(CNC(=O)[C@H](C)N)nc2cc(-c3ccc(Cl)cc3)ccc21.Cl. The van der Waals surface area contributed by atoms with Gasteiger partial charge in [0.25, 0.3) is 0 Å². The van der Waals surface area contributed by atoms with Crippen molar-refractivity contribution < 1.29 is 9.53 Å². The van der Waals surface area contributed by atoms with Gasteiger partial charge in [0.05, 0.1) is 30.2 Å². The number of imidazole rings is 1. The van der Waals surface area contributed by atoms with Crippen LogP contribution >= 0.6 is 24.0 Å². The number of benzene rings is 2. The first kappa shape index (κ1) is 23.2. The lowest BCUT2D eigenvalue weighted by Gasteiger charge is -2.11. The van der Waals surface area contributed by atoms with Crippen LogP contribution in [0.15, 0.2) is 42.5 Å². The summed E-state index contributed by atoms with van der Waals surface area (Å²) in [7, 11) is 0. The number of hydrogen-bond donors (Lipinski definition) is 2. The molecule has 0 saturated heterocycles. The lowest BCUT2D eigenvalue weighted by Crippen LogP contribution is -2.38. The molecular formula is C21H26Cl2N4O2. The molecule has 6 nitrogen and oxygen atoms in total. The molecule has 0 bridgehead atoms. The van der Waals surface area contributed by atoms with Crippen LogP contribution in [0.25, 0.3) is 22.2 Å². The van der Waals surface area contributed by atoms with E-state index in [-0.39, 0.29) is 18.3 Å². The average Bonchev–Trinajstić information content (AvgIpc) is 3.03. The molecule has 0 aliphatic heterocycles. The highest BCUT2D eigenvalue weighted by atomic mass is 35.5. The second-order valence-corrected chi connectivity index (χ2v) is 7.03. The van der Waals surface area contributed by atoms with E-state index in [1.54, 1.807) is 6.92 Å². The van der Waals surface area contributed by atoms with E-state index in [0.717, 1.165) is 28.0 Å². The monoisotopic (exact) mass is 436 g/mol. The summed E-state index contributed by atoms with van der Waals surface area (Å²) in [6.07, 6.45) is 0. The van der Waals surface area contributed by atoms with Gasteiger partial charge in [-0.15, -0.1) is 12.4 Å². The fourth-order valence-corrected chi connectivity index (χ4v) is 3.14. The van der Waals surface area contributed by atoms with Crippen molar-refractivity contribution in [3.8, 4) is 11.1 Å². The second-order valence-electron chi connectivity index (χ2n) is 6.59. The van der Waals surface area contributed by atoms with Gasteiger partial charge >= 0.3 is 0 Å². The number of carbonyl (C=O) groups is 1. The minimum atomic E-state index is -0.558. The molecule has 1 amide bonds. The first-order valence-corrected chi connectivity index (χ1v) is 9.73. The Kier molecular flexibility index (Phi) is 8.46. The Bertz CT molecular complexity index is 955. The van der Waals surface area contributed by atoms with E-state index in [1.165, 1.54) is 0 Å². The van der Waals surface area contributed by atoms with Gasteiger partial charge in [-0.3, -0.25) is 4.79 Å². The van der Waals surface area contributed by atoms with Gasteiger partial charge in [-0.2, -0.15) is 0 Å². The fraction of sp³-hybridized carbons (Fsp3) is 0.333.